The van der Waals surface area contributed by atoms with E-state index in [1.807, 2.05) is 6.92 Å². The summed E-state index contributed by atoms with van der Waals surface area (Å²) in [4.78, 5) is 2.50. The van der Waals surface area contributed by atoms with Gasteiger partial charge in [0.25, 0.3) is 0 Å². The SMILES string of the molecule is CC(N)c1ccc(N(CC2CC2)C(C)C)cc1. The lowest BCUT2D eigenvalue weighted by Crippen LogP contribution is -2.32. The van der Waals surface area contributed by atoms with Gasteiger partial charge in [-0.15, -0.1) is 0 Å². The van der Waals surface area contributed by atoms with E-state index >= 15 is 0 Å². The Labute approximate surface area is 105 Å². The lowest BCUT2D eigenvalue weighted by Gasteiger charge is -2.29. The highest BCUT2D eigenvalue weighted by molar-refractivity contribution is 5.49. The molecule has 94 valence electrons. The number of hydrogen-bond donors (Lipinski definition) is 1. The molecule has 2 nitrogen and oxygen atoms in total. The molecule has 0 spiro atoms. The van der Waals surface area contributed by atoms with Crippen molar-refractivity contribution in [3.8, 4) is 0 Å². The molecule has 1 atom stereocenters. The van der Waals surface area contributed by atoms with Crippen LogP contribution < -0.4 is 10.6 Å². The molecular weight excluding hydrogens is 208 g/mol. The van der Waals surface area contributed by atoms with Gasteiger partial charge in [0.1, 0.15) is 0 Å². The summed E-state index contributed by atoms with van der Waals surface area (Å²) in [5.41, 5.74) is 8.42. The summed E-state index contributed by atoms with van der Waals surface area (Å²) >= 11 is 0. The minimum absolute atomic E-state index is 0.125. The number of hydrogen-bond acceptors (Lipinski definition) is 2. The van der Waals surface area contributed by atoms with Crippen LogP contribution in [0.3, 0.4) is 0 Å². The molecule has 0 aromatic heterocycles. The van der Waals surface area contributed by atoms with Gasteiger partial charge in [-0.25, -0.2) is 0 Å². The molecule has 0 saturated heterocycles. The number of nitrogens with two attached hydrogens (primary N) is 1. The first-order chi connectivity index (χ1) is 8.08. The maximum absolute atomic E-state index is 5.88. The van der Waals surface area contributed by atoms with Crippen molar-refractivity contribution in [2.75, 3.05) is 11.4 Å². The van der Waals surface area contributed by atoms with Gasteiger partial charge in [-0.05, 0) is 57.2 Å². The van der Waals surface area contributed by atoms with E-state index in [2.05, 4.69) is 43.0 Å². The van der Waals surface area contributed by atoms with E-state index in [1.54, 1.807) is 0 Å². The summed E-state index contributed by atoms with van der Waals surface area (Å²) in [7, 11) is 0. The number of rotatable bonds is 5. The van der Waals surface area contributed by atoms with Gasteiger partial charge in [0.15, 0.2) is 0 Å². The molecule has 0 aliphatic heterocycles. The van der Waals surface area contributed by atoms with Gasteiger partial charge >= 0.3 is 0 Å². The molecule has 1 unspecified atom stereocenters. The van der Waals surface area contributed by atoms with Gasteiger partial charge in [-0.3, -0.25) is 0 Å². The van der Waals surface area contributed by atoms with Crippen molar-refractivity contribution < 1.29 is 0 Å². The zero-order valence-electron chi connectivity index (χ0n) is 11.2. The molecule has 1 aliphatic rings. The summed E-state index contributed by atoms with van der Waals surface area (Å²) in [6, 6.07) is 9.42. The van der Waals surface area contributed by atoms with Crippen LogP contribution in [-0.2, 0) is 0 Å². The van der Waals surface area contributed by atoms with Crippen LogP contribution in [0.15, 0.2) is 24.3 Å². The Morgan fingerprint density at radius 3 is 2.18 bits per heavy atom. The summed E-state index contributed by atoms with van der Waals surface area (Å²) in [5.74, 6) is 0.922. The number of nitrogens with zero attached hydrogens (tertiary/aromatic N) is 1. The monoisotopic (exact) mass is 232 g/mol. The summed E-state index contributed by atoms with van der Waals surface area (Å²) in [6.07, 6.45) is 2.81. The Morgan fingerprint density at radius 2 is 1.76 bits per heavy atom. The molecule has 1 aromatic carbocycles. The highest BCUT2D eigenvalue weighted by Crippen LogP contribution is 2.32. The molecule has 1 saturated carbocycles. The topological polar surface area (TPSA) is 29.3 Å². The third-order valence-electron chi connectivity index (χ3n) is 3.53. The summed E-state index contributed by atoms with van der Waals surface area (Å²) in [6.45, 7) is 7.76. The third kappa shape index (κ3) is 3.22. The second-order valence-electron chi connectivity index (χ2n) is 5.57. The second-order valence-corrected chi connectivity index (χ2v) is 5.57. The summed E-state index contributed by atoms with van der Waals surface area (Å²) < 4.78 is 0. The van der Waals surface area contributed by atoms with Crippen molar-refractivity contribution in [2.24, 2.45) is 11.7 Å². The van der Waals surface area contributed by atoms with E-state index in [0.717, 1.165) is 5.92 Å². The lowest BCUT2D eigenvalue weighted by atomic mass is 10.1. The van der Waals surface area contributed by atoms with Gasteiger partial charge in [0.05, 0.1) is 0 Å². The van der Waals surface area contributed by atoms with Crippen LogP contribution in [-0.4, -0.2) is 12.6 Å². The van der Waals surface area contributed by atoms with E-state index in [1.165, 1.54) is 30.6 Å². The predicted octanol–water partition coefficient (Wildman–Crippen LogP) is 3.33. The largest absolute Gasteiger partial charge is 0.369 e. The van der Waals surface area contributed by atoms with E-state index in [0.29, 0.717) is 6.04 Å². The fraction of sp³-hybridized carbons (Fsp3) is 0.600. The molecule has 2 N–H and O–H groups in total. The maximum atomic E-state index is 5.88. The van der Waals surface area contributed by atoms with Crippen LogP contribution >= 0.6 is 0 Å². The molecule has 0 amide bonds. The molecule has 1 aliphatic carbocycles. The minimum atomic E-state index is 0.125. The zero-order valence-corrected chi connectivity index (χ0v) is 11.2. The Kier molecular flexibility index (Phi) is 3.72. The fourth-order valence-corrected chi connectivity index (χ4v) is 2.16. The van der Waals surface area contributed by atoms with E-state index in [9.17, 15) is 0 Å². The van der Waals surface area contributed by atoms with Crippen molar-refractivity contribution in [2.45, 2.75) is 45.7 Å². The Balaban J connectivity index is 2.11. The first kappa shape index (κ1) is 12.4. The molecule has 0 heterocycles. The van der Waals surface area contributed by atoms with Gasteiger partial charge in [-0.1, -0.05) is 12.1 Å². The number of benzene rings is 1. The van der Waals surface area contributed by atoms with Gasteiger partial charge in [0, 0.05) is 24.3 Å². The van der Waals surface area contributed by atoms with Crippen LogP contribution in [0.25, 0.3) is 0 Å². The Hall–Kier alpha value is -1.02. The van der Waals surface area contributed by atoms with Crippen molar-refractivity contribution in [1.29, 1.82) is 0 Å². The standard InChI is InChI=1S/C15H24N2/c1-11(2)17(10-13-4-5-13)15-8-6-14(7-9-15)12(3)16/h6-9,11-13H,4-5,10,16H2,1-3H3. The lowest BCUT2D eigenvalue weighted by molar-refractivity contribution is 0.644. The third-order valence-corrected chi connectivity index (χ3v) is 3.53. The molecular formula is C15H24N2. The highest BCUT2D eigenvalue weighted by atomic mass is 15.2. The molecule has 17 heavy (non-hydrogen) atoms. The van der Waals surface area contributed by atoms with Gasteiger partial charge in [-0.2, -0.15) is 0 Å². The van der Waals surface area contributed by atoms with Crippen LogP contribution in [0.2, 0.25) is 0 Å². The number of anilines is 1. The maximum Gasteiger partial charge on any atom is 0.0368 e. The minimum Gasteiger partial charge on any atom is -0.369 e. The highest BCUT2D eigenvalue weighted by Gasteiger charge is 2.25. The summed E-state index contributed by atoms with van der Waals surface area (Å²) in [5, 5.41) is 0. The first-order valence-corrected chi connectivity index (χ1v) is 6.70. The van der Waals surface area contributed by atoms with Crippen molar-refractivity contribution >= 4 is 5.69 Å². The molecule has 1 aromatic rings. The first-order valence-electron chi connectivity index (χ1n) is 6.70. The van der Waals surface area contributed by atoms with Crippen molar-refractivity contribution in [1.82, 2.24) is 0 Å². The molecule has 2 rings (SSSR count). The van der Waals surface area contributed by atoms with Crippen LogP contribution in [0.4, 0.5) is 5.69 Å². The average molecular weight is 232 g/mol. The van der Waals surface area contributed by atoms with E-state index < -0.39 is 0 Å². The van der Waals surface area contributed by atoms with E-state index in [4.69, 9.17) is 5.73 Å². The van der Waals surface area contributed by atoms with Gasteiger partial charge < -0.3 is 10.6 Å². The van der Waals surface area contributed by atoms with Crippen LogP contribution in [0.1, 0.15) is 45.2 Å². The smallest absolute Gasteiger partial charge is 0.0368 e. The van der Waals surface area contributed by atoms with Crippen molar-refractivity contribution in [3.63, 3.8) is 0 Å². The fourth-order valence-electron chi connectivity index (χ4n) is 2.16. The zero-order chi connectivity index (χ0) is 12.4. The van der Waals surface area contributed by atoms with Gasteiger partial charge in [0.2, 0.25) is 0 Å². The quantitative estimate of drug-likeness (QED) is 0.843. The van der Waals surface area contributed by atoms with E-state index in [-0.39, 0.29) is 6.04 Å². The molecule has 2 heteroatoms. The van der Waals surface area contributed by atoms with Crippen molar-refractivity contribution in [3.05, 3.63) is 29.8 Å². The second kappa shape index (κ2) is 5.09. The molecule has 0 radical (unpaired) electrons. The average Bonchev–Trinajstić information content (AvgIpc) is 3.09. The van der Waals surface area contributed by atoms with Crippen LogP contribution in [0, 0.1) is 5.92 Å². The van der Waals surface area contributed by atoms with Crippen LogP contribution in [0.5, 0.6) is 0 Å². The predicted molar refractivity (Wildman–Crippen MR) is 74.3 cm³/mol. The Bertz CT molecular complexity index is 350. The molecule has 1 fully saturated rings. The molecule has 0 bridgehead atoms. The normalized spacial score (nSPS) is 17.2. The Morgan fingerprint density at radius 1 is 1.18 bits per heavy atom.